The van der Waals surface area contributed by atoms with Gasteiger partial charge in [-0.2, -0.15) is 0 Å². The summed E-state index contributed by atoms with van der Waals surface area (Å²) >= 11 is 6.08. The summed E-state index contributed by atoms with van der Waals surface area (Å²) in [6.07, 6.45) is 0. The molecular weight excluding hydrogens is 288 g/mol. The molecule has 0 aliphatic carbocycles. The number of quaternary nitrogens is 1. The molecule has 0 spiro atoms. The van der Waals surface area contributed by atoms with E-state index in [1.54, 1.807) is 12.1 Å². The van der Waals surface area contributed by atoms with Crippen LogP contribution in [0.3, 0.4) is 0 Å². The summed E-state index contributed by atoms with van der Waals surface area (Å²) in [5.41, 5.74) is 8.66. The lowest BCUT2D eigenvalue weighted by molar-refractivity contribution is -0.677. The Kier molecular flexibility index (Phi) is 5.20. The molecule has 0 aliphatic rings. The van der Waals surface area contributed by atoms with Crippen LogP contribution >= 0.6 is 11.6 Å². The molecule has 21 heavy (non-hydrogen) atoms. The van der Waals surface area contributed by atoms with E-state index in [9.17, 15) is 4.79 Å². The van der Waals surface area contributed by atoms with E-state index in [1.807, 2.05) is 41.7 Å². The summed E-state index contributed by atoms with van der Waals surface area (Å²) in [7, 11) is 1.38. The van der Waals surface area contributed by atoms with Gasteiger partial charge < -0.3 is 15.8 Å². The van der Waals surface area contributed by atoms with E-state index in [0.717, 1.165) is 11.1 Å². The van der Waals surface area contributed by atoms with Crippen LogP contribution in [-0.4, -0.2) is 19.6 Å². The van der Waals surface area contributed by atoms with Gasteiger partial charge in [0.25, 0.3) is 0 Å². The van der Waals surface area contributed by atoms with E-state index < -0.39 is 0 Å². The number of benzene rings is 2. The molecule has 0 aromatic heterocycles. The number of rotatable bonds is 5. The third kappa shape index (κ3) is 3.97. The van der Waals surface area contributed by atoms with Crippen molar-refractivity contribution in [1.29, 1.82) is 0 Å². The second kappa shape index (κ2) is 7.11. The highest BCUT2D eigenvalue weighted by atomic mass is 35.5. The van der Waals surface area contributed by atoms with Gasteiger partial charge in [-0.1, -0.05) is 41.9 Å². The molecule has 0 fully saturated rings. The molecule has 110 valence electrons. The molecule has 0 radical (unpaired) electrons. The van der Waals surface area contributed by atoms with Gasteiger partial charge in [-0.05, 0) is 18.2 Å². The number of esters is 1. The molecule has 0 aliphatic heterocycles. The molecule has 5 heteroatoms. The van der Waals surface area contributed by atoms with Gasteiger partial charge in [0.05, 0.1) is 7.11 Å². The van der Waals surface area contributed by atoms with Crippen molar-refractivity contribution in [3.63, 3.8) is 0 Å². The van der Waals surface area contributed by atoms with Crippen molar-refractivity contribution >= 4 is 23.3 Å². The summed E-state index contributed by atoms with van der Waals surface area (Å²) in [6.45, 7) is 0.210. The Morgan fingerprint density at radius 2 is 2.00 bits per heavy atom. The SMILES string of the molecule is COC(=O)C[NH2+][C@H](c1ccccc1)c1cc(Cl)ccc1N. The molecule has 0 saturated carbocycles. The third-order valence-corrected chi connectivity index (χ3v) is 3.53. The van der Waals surface area contributed by atoms with Crippen molar-refractivity contribution in [2.75, 3.05) is 19.4 Å². The normalized spacial score (nSPS) is 11.9. The van der Waals surface area contributed by atoms with Crippen molar-refractivity contribution in [2.45, 2.75) is 6.04 Å². The van der Waals surface area contributed by atoms with Gasteiger partial charge in [0.1, 0.15) is 6.04 Å². The second-order valence-corrected chi connectivity index (χ2v) is 5.11. The number of nitrogens with two attached hydrogens (primary N) is 2. The first-order chi connectivity index (χ1) is 10.1. The number of carbonyl (C=O) groups is 1. The summed E-state index contributed by atoms with van der Waals surface area (Å²) in [5.74, 6) is -0.281. The molecule has 0 bridgehead atoms. The molecule has 1 atom stereocenters. The minimum Gasteiger partial charge on any atom is -0.465 e. The van der Waals surface area contributed by atoms with Crippen LogP contribution in [0, 0.1) is 0 Å². The Labute approximate surface area is 128 Å². The maximum Gasteiger partial charge on any atom is 0.361 e. The molecule has 4 nitrogen and oxygen atoms in total. The van der Waals surface area contributed by atoms with Gasteiger partial charge in [0, 0.05) is 21.8 Å². The zero-order valence-corrected chi connectivity index (χ0v) is 12.5. The highest BCUT2D eigenvalue weighted by molar-refractivity contribution is 6.30. The minimum absolute atomic E-state index is 0.107. The van der Waals surface area contributed by atoms with Crippen LogP contribution < -0.4 is 11.1 Å². The van der Waals surface area contributed by atoms with Crippen LogP contribution in [0.25, 0.3) is 0 Å². The first kappa shape index (κ1) is 15.4. The predicted octanol–water partition coefficient (Wildman–Crippen LogP) is 1.75. The molecule has 0 saturated heterocycles. The van der Waals surface area contributed by atoms with Crippen LogP contribution in [0.4, 0.5) is 5.69 Å². The van der Waals surface area contributed by atoms with E-state index >= 15 is 0 Å². The number of nitrogen functional groups attached to an aromatic ring is 1. The number of methoxy groups -OCH3 is 1. The van der Waals surface area contributed by atoms with Gasteiger partial charge in [0.2, 0.25) is 0 Å². The van der Waals surface area contributed by atoms with Gasteiger partial charge in [-0.3, -0.25) is 0 Å². The van der Waals surface area contributed by atoms with E-state index in [4.69, 9.17) is 22.1 Å². The summed E-state index contributed by atoms with van der Waals surface area (Å²) in [4.78, 5) is 11.4. The van der Waals surface area contributed by atoms with Crippen LogP contribution in [0.1, 0.15) is 17.2 Å². The first-order valence-electron chi connectivity index (χ1n) is 6.62. The number of halogens is 1. The average molecular weight is 306 g/mol. The van der Waals surface area contributed by atoms with E-state index in [1.165, 1.54) is 7.11 Å². The van der Waals surface area contributed by atoms with Crippen molar-refractivity contribution in [3.8, 4) is 0 Å². The van der Waals surface area contributed by atoms with Gasteiger partial charge >= 0.3 is 5.97 Å². The van der Waals surface area contributed by atoms with Crippen molar-refractivity contribution in [1.82, 2.24) is 0 Å². The molecule has 2 rings (SSSR count). The molecule has 4 N–H and O–H groups in total. The Hall–Kier alpha value is -2.04. The van der Waals surface area contributed by atoms with Gasteiger partial charge in [0.15, 0.2) is 6.54 Å². The fourth-order valence-corrected chi connectivity index (χ4v) is 2.40. The largest absolute Gasteiger partial charge is 0.465 e. The lowest BCUT2D eigenvalue weighted by Gasteiger charge is -2.18. The highest BCUT2D eigenvalue weighted by Crippen LogP contribution is 2.26. The Morgan fingerprint density at radius 3 is 2.67 bits per heavy atom. The molecule has 2 aromatic rings. The lowest BCUT2D eigenvalue weighted by Crippen LogP contribution is -2.87. The zero-order valence-electron chi connectivity index (χ0n) is 11.8. The quantitative estimate of drug-likeness (QED) is 0.653. The van der Waals surface area contributed by atoms with E-state index in [2.05, 4.69) is 0 Å². The average Bonchev–Trinajstić information content (AvgIpc) is 2.51. The van der Waals surface area contributed by atoms with Gasteiger partial charge in [-0.25, -0.2) is 4.79 Å². The summed E-state index contributed by atoms with van der Waals surface area (Å²) < 4.78 is 4.70. The van der Waals surface area contributed by atoms with Crippen molar-refractivity contribution in [3.05, 3.63) is 64.7 Å². The maximum atomic E-state index is 11.4. The third-order valence-electron chi connectivity index (χ3n) is 3.29. The Balaban J connectivity index is 2.35. The zero-order chi connectivity index (χ0) is 15.2. The summed E-state index contributed by atoms with van der Waals surface area (Å²) in [5, 5.41) is 2.51. The van der Waals surface area contributed by atoms with E-state index in [0.29, 0.717) is 10.7 Å². The number of hydrogen-bond donors (Lipinski definition) is 2. The number of anilines is 1. The van der Waals surface area contributed by atoms with Crippen LogP contribution in [0.5, 0.6) is 0 Å². The fourth-order valence-electron chi connectivity index (χ4n) is 2.22. The van der Waals surface area contributed by atoms with Gasteiger partial charge in [-0.15, -0.1) is 0 Å². The predicted molar refractivity (Wildman–Crippen MR) is 83.0 cm³/mol. The van der Waals surface area contributed by atoms with E-state index in [-0.39, 0.29) is 18.6 Å². The maximum absolute atomic E-state index is 11.4. The standard InChI is InChI=1S/C16H17ClN2O2/c1-21-15(20)10-19-16(11-5-3-2-4-6-11)13-9-12(17)7-8-14(13)18/h2-9,16,19H,10,18H2,1H3/p+1/t16-/m1/s1. The fraction of sp³-hybridized carbons (Fsp3) is 0.188. The molecule has 0 heterocycles. The number of hydrogen-bond acceptors (Lipinski definition) is 3. The smallest absolute Gasteiger partial charge is 0.361 e. The van der Waals surface area contributed by atoms with Crippen molar-refractivity contribution < 1.29 is 14.8 Å². The second-order valence-electron chi connectivity index (χ2n) is 4.68. The summed E-state index contributed by atoms with van der Waals surface area (Å²) in [6, 6.07) is 15.1. The topological polar surface area (TPSA) is 68.9 Å². The molecule has 2 aromatic carbocycles. The number of ether oxygens (including phenoxy) is 1. The van der Waals surface area contributed by atoms with Crippen LogP contribution in [0.2, 0.25) is 5.02 Å². The lowest BCUT2D eigenvalue weighted by atomic mass is 9.97. The molecule has 0 unspecified atom stereocenters. The minimum atomic E-state index is -0.281. The first-order valence-corrected chi connectivity index (χ1v) is 6.99. The van der Waals surface area contributed by atoms with Crippen LogP contribution in [0.15, 0.2) is 48.5 Å². The molecule has 0 amide bonds. The molecular formula is C16H18ClN2O2+. The van der Waals surface area contributed by atoms with Crippen molar-refractivity contribution in [2.24, 2.45) is 0 Å². The monoisotopic (exact) mass is 305 g/mol. The highest BCUT2D eigenvalue weighted by Gasteiger charge is 2.21. The van der Waals surface area contributed by atoms with Crippen LogP contribution in [-0.2, 0) is 9.53 Å². The number of carbonyl (C=O) groups excluding carboxylic acids is 1. The Morgan fingerprint density at radius 1 is 1.29 bits per heavy atom. The Bertz CT molecular complexity index is 617.